The van der Waals surface area contributed by atoms with E-state index in [2.05, 4.69) is 159 Å². The second-order valence-electron chi connectivity index (χ2n) is 33.5. The summed E-state index contributed by atoms with van der Waals surface area (Å²) >= 11 is 19.1. The van der Waals surface area contributed by atoms with Gasteiger partial charge in [-0.25, -0.2) is 0 Å². The molecule has 0 saturated carbocycles. The summed E-state index contributed by atoms with van der Waals surface area (Å²) in [5.74, 6) is 1.17. The molecule has 0 bridgehead atoms. The molecule has 2 aromatic heterocycles. The van der Waals surface area contributed by atoms with Crippen LogP contribution in [0.5, 0.6) is 0 Å². The molecule has 0 spiro atoms. The third-order valence-electron chi connectivity index (χ3n) is 23.3. The molecule has 2 nitrogen and oxygen atoms in total. The predicted molar refractivity (Wildman–Crippen MR) is 496 cm³/mol. The largest absolute Gasteiger partial charge is 0.352 e. The summed E-state index contributed by atoms with van der Waals surface area (Å²) in [5.41, 5.74) is 8.66. The van der Waals surface area contributed by atoms with Gasteiger partial charge in [0, 0.05) is 70.6 Å². The third-order valence-corrected chi connectivity index (χ3v) is 25.9. The Morgan fingerprint density at radius 1 is 0.604 bits per heavy atom. The van der Waals surface area contributed by atoms with Gasteiger partial charge >= 0.3 is 0 Å². The van der Waals surface area contributed by atoms with Crippen LogP contribution in [0.1, 0.15) is 439 Å². The number of fused-ring (bicyclic) bond motifs is 1. The number of allylic oxidation sites excluding steroid dienone is 11. The van der Waals surface area contributed by atoms with E-state index in [0.717, 1.165) is 76.4 Å². The standard InChI is InChI=1S/C100H168N2S4/c1-14-21-26-30-34-38-41-43-48-54-60-67-88(66-59-53-47-37-33-29-24-17-4)82-101(20-7)86(10)81-93-94-77-73-85(9)95(103)72-65-80-100(12,13)79-64-58-52-46-45-50-56-62-69-89(68-61-55-49-42-39-35-31-27-22-15-2)83-102(94)87(11)98(93)97-78-75-90(106-97)74-76-92(96(104)71-25-18-5)99(105)91(84(8)19-6)70-63-57-51-44-40-36-32-28-23-16-3/h19-20,65,72-78,80-81,88-89,103,105H,6-7,11,14-18,21-64,66-71,79,82-83H2,1-5,8-10,12-13H3/b76-74+,80-65+,85-73-,86-81+,91-84+,94-77-,95-72-,99-92+. The monoisotopic (exact) mass is 1530 g/mol. The van der Waals surface area contributed by atoms with E-state index in [1.807, 2.05) is 17.4 Å². The smallest absolute Gasteiger partial charge is 0.0492 e. The van der Waals surface area contributed by atoms with Crippen molar-refractivity contribution in [2.45, 2.75) is 435 Å². The molecular formula is C100H168N2S4. The van der Waals surface area contributed by atoms with Crippen molar-refractivity contribution in [3.05, 3.63) is 127 Å². The number of unbranched alkanes of at least 4 members (excludes halogenated alkanes) is 36. The number of aromatic nitrogens is 1. The molecular weight excluding hydrogens is 1360 g/mol. The zero-order chi connectivity index (χ0) is 77.1. The van der Waals surface area contributed by atoms with Crippen LogP contribution in [-0.2, 0) is 6.54 Å². The van der Waals surface area contributed by atoms with Gasteiger partial charge in [0.15, 0.2) is 0 Å². The van der Waals surface area contributed by atoms with Gasteiger partial charge in [-0.05, 0) is 155 Å². The van der Waals surface area contributed by atoms with Crippen LogP contribution in [0.25, 0.3) is 35.2 Å². The minimum Gasteiger partial charge on any atom is -0.352 e. The molecule has 2 unspecified atom stereocenters. The van der Waals surface area contributed by atoms with Crippen molar-refractivity contribution in [2.75, 3.05) is 6.54 Å². The fourth-order valence-electron chi connectivity index (χ4n) is 16.0. The van der Waals surface area contributed by atoms with Gasteiger partial charge in [0.2, 0.25) is 0 Å². The number of hydrogen-bond donors (Lipinski definition) is 2. The zero-order valence-electron chi connectivity index (χ0n) is 71.3. The van der Waals surface area contributed by atoms with E-state index in [0.29, 0.717) is 11.8 Å². The molecule has 6 heteroatoms. The van der Waals surface area contributed by atoms with Crippen molar-refractivity contribution in [3.8, 4) is 10.4 Å². The lowest BCUT2D eigenvalue weighted by atomic mass is 9.86. The van der Waals surface area contributed by atoms with Crippen LogP contribution < -0.4 is 10.7 Å². The first-order valence-electron chi connectivity index (χ1n) is 45.4. The van der Waals surface area contributed by atoms with Crippen LogP contribution in [0.4, 0.5) is 0 Å². The van der Waals surface area contributed by atoms with Crippen LogP contribution in [0.15, 0.2) is 106 Å². The number of rotatable bonds is 57. The molecule has 0 fully saturated rings. The number of nitrogens with zero attached hydrogens (tertiary/aromatic N) is 2. The molecule has 0 aromatic carbocycles. The molecule has 3 rings (SSSR count). The topological polar surface area (TPSA) is 8.17 Å². The Bertz CT molecular complexity index is 2960. The Labute approximate surface area is 679 Å². The maximum absolute atomic E-state index is 6.43. The lowest BCUT2D eigenvalue weighted by Gasteiger charge is -2.27. The highest BCUT2D eigenvalue weighted by molar-refractivity contribution is 7.85. The molecule has 0 amide bonds. The van der Waals surface area contributed by atoms with E-state index in [1.54, 1.807) is 0 Å². The number of thiol groups is 2. The van der Waals surface area contributed by atoms with Gasteiger partial charge < -0.3 is 9.47 Å². The minimum absolute atomic E-state index is 0.140. The van der Waals surface area contributed by atoms with Gasteiger partial charge in [0.1, 0.15) is 0 Å². The average Bonchev–Trinajstić information content (AvgIpc) is 1.61. The van der Waals surface area contributed by atoms with Gasteiger partial charge in [-0.3, -0.25) is 0 Å². The summed E-state index contributed by atoms with van der Waals surface area (Å²) in [6.07, 6.45) is 97.1. The fourth-order valence-corrected chi connectivity index (χ4v) is 18.1. The first-order valence-corrected chi connectivity index (χ1v) is 47.5. The summed E-state index contributed by atoms with van der Waals surface area (Å²) in [4.78, 5) is 8.04. The first-order chi connectivity index (χ1) is 51.6. The average molecular weight is 1530 g/mol. The van der Waals surface area contributed by atoms with Gasteiger partial charge in [0.25, 0.3) is 0 Å². The Morgan fingerprint density at radius 2 is 1.08 bits per heavy atom. The van der Waals surface area contributed by atoms with Crippen molar-refractivity contribution in [2.24, 2.45) is 17.3 Å². The van der Waals surface area contributed by atoms with Crippen LogP contribution in [0.2, 0.25) is 0 Å². The van der Waals surface area contributed by atoms with E-state index < -0.39 is 0 Å². The second-order valence-corrected chi connectivity index (χ2v) is 36.1. The van der Waals surface area contributed by atoms with E-state index in [1.165, 1.54) is 371 Å². The highest BCUT2D eigenvalue weighted by atomic mass is 32.1. The normalized spacial score (nSPS) is 17.8. The number of thiocarbonyl (C=S) groups is 1. The lowest BCUT2D eigenvalue weighted by Crippen LogP contribution is -2.30. The fraction of sp³-hybridized carbons (Fsp3) is 0.710. The summed E-state index contributed by atoms with van der Waals surface area (Å²) in [5, 5.41) is 2.38. The van der Waals surface area contributed by atoms with Crippen LogP contribution in [-0.4, -0.2) is 20.9 Å². The molecule has 3 heterocycles. The van der Waals surface area contributed by atoms with Crippen molar-refractivity contribution < 1.29 is 0 Å². The quantitative estimate of drug-likeness (QED) is 0.0224. The highest BCUT2D eigenvalue weighted by Gasteiger charge is 2.22. The Kier molecular flexibility index (Phi) is 58.2. The summed E-state index contributed by atoms with van der Waals surface area (Å²) in [7, 11) is 0. The zero-order valence-corrected chi connectivity index (χ0v) is 74.7. The Hall–Kier alpha value is -3.03. The van der Waals surface area contributed by atoms with Gasteiger partial charge in [0.05, 0.1) is 0 Å². The molecule has 0 N–H and O–H groups in total. The van der Waals surface area contributed by atoms with E-state index >= 15 is 0 Å². The molecule has 1 aliphatic rings. The third kappa shape index (κ3) is 43.7. The molecule has 0 radical (unpaired) electrons. The minimum atomic E-state index is 0.140. The second kappa shape index (κ2) is 63.5. The maximum atomic E-state index is 6.43. The first kappa shape index (κ1) is 97.2. The van der Waals surface area contributed by atoms with Gasteiger partial charge in [-0.2, -0.15) is 0 Å². The van der Waals surface area contributed by atoms with Gasteiger partial charge in [-0.1, -0.05) is 413 Å². The predicted octanol–water partition coefficient (Wildman–Crippen LogP) is 33.8. The highest BCUT2D eigenvalue weighted by Crippen LogP contribution is 2.36. The van der Waals surface area contributed by atoms with Crippen molar-refractivity contribution in [3.63, 3.8) is 0 Å². The molecule has 0 aliphatic carbocycles. The van der Waals surface area contributed by atoms with E-state index in [-0.39, 0.29) is 5.41 Å². The Morgan fingerprint density at radius 3 is 1.58 bits per heavy atom. The van der Waals surface area contributed by atoms with Gasteiger partial charge in [-0.15, -0.1) is 36.6 Å². The van der Waals surface area contributed by atoms with Crippen molar-refractivity contribution >= 4 is 78.5 Å². The summed E-state index contributed by atoms with van der Waals surface area (Å²) in [6.45, 7) is 39.4. The molecule has 2 atom stereocenters. The molecule has 106 heavy (non-hydrogen) atoms. The van der Waals surface area contributed by atoms with E-state index in [9.17, 15) is 0 Å². The van der Waals surface area contributed by atoms with Crippen molar-refractivity contribution in [1.82, 2.24) is 9.47 Å². The molecule has 602 valence electrons. The summed E-state index contributed by atoms with van der Waals surface area (Å²) < 4.78 is 2.69. The number of thiophene rings is 1. The molecule has 0 saturated heterocycles. The summed E-state index contributed by atoms with van der Waals surface area (Å²) in [6, 6.07) is 4.75. The van der Waals surface area contributed by atoms with Crippen LogP contribution in [0.3, 0.4) is 0 Å². The molecule has 2 aromatic rings. The van der Waals surface area contributed by atoms with Crippen LogP contribution in [0, 0.1) is 17.3 Å². The van der Waals surface area contributed by atoms with Crippen molar-refractivity contribution in [1.29, 1.82) is 0 Å². The number of hydrogen-bond acceptors (Lipinski definition) is 5. The van der Waals surface area contributed by atoms with Crippen LogP contribution >= 0.6 is 48.8 Å². The molecule has 1 aliphatic heterocycles. The lowest BCUT2D eigenvalue weighted by molar-refractivity contribution is 0.313. The SMILES string of the molecule is C=C/C(C)=C(CCCCCCCCCCCC)/C(S)=C(/C=C/c1ccc(-c2c(/C=C(\C)N(C=C)CC(CCCCCCCCCC)CCCCCCCCCCCCC)/c3n(c2=C)CC(CCCCCCCCCCCC)CCCCCCCCCCC(C)(C)/C=C/C=C(S)/C(C)=C\C=3)s1)C(=S)CCCC. The van der Waals surface area contributed by atoms with E-state index in [4.69, 9.17) is 44.1 Å². The Balaban J connectivity index is 2.37. The maximum Gasteiger partial charge on any atom is 0.0492 e.